The summed E-state index contributed by atoms with van der Waals surface area (Å²) in [5, 5.41) is 72.1. The molecule has 2 fully saturated rings. The van der Waals surface area contributed by atoms with Gasteiger partial charge in [-0.25, -0.2) is 0 Å². The first-order chi connectivity index (χ1) is 25.8. The predicted octanol–water partition coefficient (Wildman–Crippen LogP) is 8.57. The molecule has 10 heteroatoms. The summed E-state index contributed by atoms with van der Waals surface area (Å²) in [5.74, 6) is -1.91. The normalized spacial score (nSPS) is 16.4. The monoisotopic (exact) mass is 738 g/mol. The Morgan fingerprint density at radius 3 is 1.22 bits per heavy atom. The number of likely N-dealkylation sites (tertiary alicyclic amines) is 2. The van der Waals surface area contributed by atoms with Crippen LogP contribution in [0.2, 0.25) is 0 Å². The van der Waals surface area contributed by atoms with Crippen molar-refractivity contribution in [3.8, 4) is 45.6 Å². The van der Waals surface area contributed by atoms with Gasteiger partial charge < -0.3 is 40.4 Å². The zero-order chi connectivity index (χ0) is 38.8. The fourth-order valence-corrected chi connectivity index (χ4v) is 8.70. The van der Waals surface area contributed by atoms with E-state index in [0.29, 0.717) is 68.0 Å². The second kappa shape index (κ2) is 16.4. The van der Waals surface area contributed by atoms with Gasteiger partial charge in [0.25, 0.3) is 0 Å². The average Bonchev–Trinajstić information content (AvgIpc) is 3.13. The van der Waals surface area contributed by atoms with E-state index in [9.17, 15) is 30.6 Å². The SMILES string of the molecule is Cc1cc2c(C(C)C)c(O)c(O)c(C=NCCN3CCCCC3)c2c(O)c1-c1c(C)cc2c(C(C)C)c(O)c(O)c(C=NCCN3CCCCC3)c2c1O. The van der Waals surface area contributed by atoms with Gasteiger partial charge in [-0.2, -0.15) is 0 Å². The molecule has 0 unspecified atom stereocenters. The summed E-state index contributed by atoms with van der Waals surface area (Å²) in [5.41, 5.74) is 3.40. The fraction of sp³-hybridized carbons (Fsp3) is 0.500. The standard InChI is InChI=1S/C44H58N4O6/c1-25(2)33-29-21-27(5)35(41(51)37(29)31(39(49)43(33)53)23-45-13-19-47-15-9-7-10-16-47)36-28(6)22-30-34(26(3)4)44(54)40(50)32(38(30)42(36)52)24-46-14-20-48-17-11-8-12-18-48/h21-26,49-54H,7-20H2,1-6H3. The number of phenols is 6. The highest BCUT2D eigenvalue weighted by atomic mass is 16.3. The van der Waals surface area contributed by atoms with Crippen molar-refractivity contribution in [3.63, 3.8) is 0 Å². The minimum absolute atomic E-state index is 0.165. The number of aromatic hydroxyl groups is 6. The zero-order valence-electron chi connectivity index (χ0n) is 32.8. The van der Waals surface area contributed by atoms with E-state index < -0.39 is 0 Å². The van der Waals surface area contributed by atoms with Crippen molar-refractivity contribution in [1.29, 1.82) is 0 Å². The van der Waals surface area contributed by atoms with E-state index in [1.807, 2.05) is 53.7 Å². The average molecular weight is 739 g/mol. The van der Waals surface area contributed by atoms with Gasteiger partial charge in [-0.15, -0.1) is 0 Å². The lowest BCUT2D eigenvalue weighted by Gasteiger charge is -2.25. The van der Waals surface area contributed by atoms with E-state index >= 15 is 0 Å². The summed E-state index contributed by atoms with van der Waals surface area (Å²) in [7, 11) is 0. The van der Waals surface area contributed by atoms with Gasteiger partial charge in [-0.3, -0.25) is 9.98 Å². The van der Waals surface area contributed by atoms with E-state index in [1.54, 1.807) is 0 Å². The minimum Gasteiger partial charge on any atom is -0.507 e. The van der Waals surface area contributed by atoms with Gasteiger partial charge in [-0.05, 0) is 99.4 Å². The first-order valence-corrected chi connectivity index (χ1v) is 19.8. The van der Waals surface area contributed by atoms with Crippen molar-refractivity contribution < 1.29 is 30.6 Å². The van der Waals surface area contributed by atoms with Gasteiger partial charge in [-0.1, -0.05) is 52.7 Å². The van der Waals surface area contributed by atoms with Crippen LogP contribution in [0.5, 0.6) is 34.5 Å². The van der Waals surface area contributed by atoms with E-state index in [4.69, 9.17) is 0 Å². The molecule has 0 bridgehead atoms. The van der Waals surface area contributed by atoms with Crippen LogP contribution in [0.3, 0.4) is 0 Å². The number of piperidine rings is 2. The number of aryl methyl sites for hydroxylation is 2. The Morgan fingerprint density at radius 1 is 0.537 bits per heavy atom. The third kappa shape index (κ3) is 7.43. The number of hydrogen-bond donors (Lipinski definition) is 6. The number of fused-ring (bicyclic) bond motifs is 2. The van der Waals surface area contributed by atoms with Crippen molar-refractivity contribution in [2.24, 2.45) is 9.98 Å². The highest BCUT2D eigenvalue weighted by Crippen LogP contribution is 2.54. The molecule has 2 aliphatic rings. The largest absolute Gasteiger partial charge is 0.507 e. The zero-order valence-corrected chi connectivity index (χ0v) is 32.8. The van der Waals surface area contributed by atoms with Crippen LogP contribution in [-0.4, -0.2) is 105 Å². The van der Waals surface area contributed by atoms with E-state index in [-0.39, 0.29) is 57.5 Å². The van der Waals surface area contributed by atoms with Crippen LogP contribution in [0.25, 0.3) is 32.7 Å². The second-order valence-electron chi connectivity index (χ2n) is 15.9. The van der Waals surface area contributed by atoms with Crippen LogP contribution in [0.15, 0.2) is 22.1 Å². The van der Waals surface area contributed by atoms with E-state index in [1.165, 1.54) is 51.0 Å². The van der Waals surface area contributed by atoms with Gasteiger partial charge in [0.2, 0.25) is 0 Å². The quantitative estimate of drug-likeness (QED) is 0.0662. The predicted molar refractivity (Wildman–Crippen MR) is 220 cm³/mol. The second-order valence-corrected chi connectivity index (χ2v) is 15.9. The molecule has 4 aromatic rings. The maximum Gasteiger partial charge on any atom is 0.167 e. The van der Waals surface area contributed by atoms with Gasteiger partial charge in [0.1, 0.15) is 11.5 Å². The van der Waals surface area contributed by atoms with Crippen LogP contribution >= 0.6 is 0 Å². The van der Waals surface area contributed by atoms with Gasteiger partial charge in [0, 0.05) is 69.7 Å². The molecule has 0 atom stereocenters. The molecule has 0 aliphatic carbocycles. The molecule has 6 N–H and O–H groups in total. The third-order valence-electron chi connectivity index (χ3n) is 11.4. The van der Waals surface area contributed by atoms with Gasteiger partial charge in [0.15, 0.2) is 23.0 Å². The molecule has 0 aromatic heterocycles. The molecule has 2 aliphatic heterocycles. The Balaban J connectivity index is 1.55. The third-order valence-corrected chi connectivity index (χ3v) is 11.4. The number of hydrogen-bond acceptors (Lipinski definition) is 10. The Hall–Kier alpha value is -4.54. The molecule has 54 heavy (non-hydrogen) atoms. The lowest BCUT2D eigenvalue weighted by atomic mass is 9.83. The van der Waals surface area contributed by atoms with Crippen LogP contribution in [0, 0.1) is 13.8 Å². The van der Waals surface area contributed by atoms with E-state index in [0.717, 1.165) is 39.3 Å². The smallest absolute Gasteiger partial charge is 0.167 e. The Labute approximate surface area is 319 Å². The molecule has 0 spiro atoms. The van der Waals surface area contributed by atoms with E-state index in [2.05, 4.69) is 19.8 Å². The Kier molecular flexibility index (Phi) is 11.9. The maximum absolute atomic E-state index is 12.4. The van der Waals surface area contributed by atoms with Gasteiger partial charge in [0.05, 0.1) is 13.1 Å². The molecular weight excluding hydrogens is 681 g/mol. The van der Waals surface area contributed by atoms with Crippen LogP contribution < -0.4 is 0 Å². The molecular formula is C44H58N4O6. The van der Waals surface area contributed by atoms with Crippen LogP contribution in [0.4, 0.5) is 0 Å². The van der Waals surface area contributed by atoms with Crippen molar-refractivity contribution in [2.75, 3.05) is 52.4 Å². The topological polar surface area (TPSA) is 153 Å². The summed E-state index contributed by atoms with van der Waals surface area (Å²) in [6, 6.07) is 3.76. The van der Waals surface area contributed by atoms with Crippen molar-refractivity contribution in [1.82, 2.24) is 9.80 Å². The molecule has 0 amide bonds. The molecule has 0 saturated carbocycles. The Morgan fingerprint density at radius 2 is 0.889 bits per heavy atom. The van der Waals surface area contributed by atoms with Crippen molar-refractivity contribution >= 4 is 34.0 Å². The van der Waals surface area contributed by atoms with Crippen LogP contribution in [-0.2, 0) is 0 Å². The molecule has 290 valence electrons. The fourth-order valence-electron chi connectivity index (χ4n) is 8.70. The first kappa shape index (κ1) is 39.2. The number of benzene rings is 4. The number of rotatable bonds is 11. The summed E-state index contributed by atoms with van der Waals surface area (Å²) in [4.78, 5) is 14.1. The highest BCUT2D eigenvalue weighted by Gasteiger charge is 2.29. The Bertz CT molecular complexity index is 1940. The lowest BCUT2D eigenvalue weighted by molar-refractivity contribution is 0.235. The maximum atomic E-state index is 12.4. The number of phenolic OH excluding ortho intramolecular Hbond substituents is 6. The summed E-state index contributed by atoms with van der Waals surface area (Å²) in [6.07, 6.45) is 10.2. The number of aliphatic imine (C=N–C) groups is 2. The van der Waals surface area contributed by atoms with Gasteiger partial charge >= 0.3 is 0 Å². The summed E-state index contributed by atoms with van der Waals surface area (Å²) in [6.45, 7) is 18.0. The van der Waals surface area contributed by atoms with Crippen LogP contribution in [0.1, 0.15) is 111 Å². The highest BCUT2D eigenvalue weighted by molar-refractivity contribution is 6.15. The van der Waals surface area contributed by atoms with Crippen molar-refractivity contribution in [2.45, 2.75) is 91.9 Å². The summed E-state index contributed by atoms with van der Waals surface area (Å²) < 4.78 is 0. The lowest BCUT2D eigenvalue weighted by Crippen LogP contribution is -2.31. The summed E-state index contributed by atoms with van der Waals surface area (Å²) >= 11 is 0. The molecule has 10 nitrogen and oxygen atoms in total. The van der Waals surface area contributed by atoms with Crippen molar-refractivity contribution in [3.05, 3.63) is 45.5 Å². The molecule has 4 aromatic carbocycles. The molecule has 2 saturated heterocycles. The first-order valence-electron chi connectivity index (χ1n) is 19.8. The molecule has 2 heterocycles. The number of nitrogens with zero attached hydrogens (tertiary/aromatic N) is 4. The molecule has 6 rings (SSSR count). The minimum atomic E-state index is -0.359. The molecule has 0 radical (unpaired) electrons.